The van der Waals surface area contributed by atoms with Crippen molar-refractivity contribution in [2.45, 2.75) is 25.0 Å². The van der Waals surface area contributed by atoms with Crippen molar-refractivity contribution in [2.24, 2.45) is 0 Å². The van der Waals surface area contributed by atoms with Gasteiger partial charge in [0.15, 0.2) is 5.82 Å². The van der Waals surface area contributed by atoms with E-state index in [4.69, 9.17) is 16.3 Å². The van der Waals surface area contributed by atoms with Crippen LogP contribution in [0.25, 0.3) is 5.82 Å². The Hall–Kier alpha value is -3.15. The maximum absolute atomic E-state index is 12.7. The Balaban J connectivity index is 1.27. The van der Waals surface area contributed by atoms with Crippen molar-refractivity contribution in [3.63, 3.8) is 0 Å². The fourth-order valence-electron chi connectivity index (χ4n) is 4.23. The Kier molecular flexibility index (Phi) is 5.92. The summed E-state index contributed by atoms with van der Waals surface area (Å²) in [6.45, 7) is 1.74. The molecule has 2 fully saturated rings. The average Bonchev–Trinajstić information content (AvgIpc) is 3.39. The van der Waals surface area contributed by atoms with Crippen molar-refractivity contribution >= 4 is 44.6 Å². The minimum atomic E-state index is -3.48. The van der Waals surface area contributed by atoms with Crippen LogP contribution >= 0.6 is 11.6 Å². The Bertz CT molecular complexity index is 1320. The van der Waals surface area contributed by atoms with Gasteiger partial charge in [0, 0.05) is 30.0 Å². The highest BCUT2D eigenvalue weighted by atomic mass is 35.5. The molecule has 0 radical (unpaired) electrons. The molecule has 5 rings (SSSR count). The van der Waals surface area contributed by atoms with Crippen molar-refractivity contribution in [1.29, 1.82) is 0 Å². The summed E-state index contributed by atoms with van der Waals surface area (Å²) in [6.07, 6.45) is 8.66. The second-order valence-corrected chi connectivity index (χ2v) is 10.7. The molecule has 4 heterocycles. The number of carbonyl (C=O) groups is 1. The van der Waals surface area contributed by atoms with Crippen LogP contribution in [0.1, 0.15) is 23.2 Å². The summed E-state index contributed by atoms with van der Waals surface area (Å²) in [4.78, 5) is 19.5. The number of nitrogens with zero attached hydrogens (tertiary/aromatic N) is 4. The standard InChI is InChI=1S/C22H23ClN6O4S/c1-34(31,32)27-17-7-15(23)6-16(8-17)26-22(30)14-9-25-29(11-14)21-5-2-18(10-24-21)28-12-19-3-4-20(13-28)33-19/h2,5-11,19-20,27H,3-4,12-13H2,1H3,(H,26,30). The van der Waals surface area contributed by atoms with Crippen LogP contribution in [-0.2, 0) is 14.8 Å². The normalized spacial score (nSPS) is 19.8. The zero-order chi connectivity index (χ0) is 23.9. The quantitative estimate of drug-likeness (QED) is 0.532. The van der Waals surface area contributed by atoms with Crippen LogP contribution in [0.3, 0.4) is 0 Å². The molecule has 2 bridgehead atoms. The first kappa shape index (κ1) is 22.6. The number of halogens is 1. The van der Waals surface area contributed by atoms with Crippen molar-refractivity contribution in [3.8, 4) is 5.82 Å². The third-order valence-corrected chi connectivity index (χ3v) is 6.50. The molecule has 2 aliphatic rings. The zero-order valence-corrected chi connectivity index (χ0v) is 19.9. The van der Waals surface area contributed by atoms with Crippen LogP contribution in [0.2, 0.25) is 5.02 Å². The topological polar surface area (TPSA) is 118 Å². The van der Waals surface area contributed by atoms with E-state index in [1.54, 1.807) is 6.20 Å². The van der Waals surface area contributed by atoms with E-state index >= 15 is 0 Å². The van der Waals surface area contributed by atoms with Gasteiger partial charge in [-0.1, -0.05) is 11.6 Å². The third kappa shape index (κ3) is 5.16. The number of pyridine rings is 1. The highest BCUT2D eigenvalue weighted by Gasteiger charge is 2.33. The zero-order valence-electron chi connectivity index (χ0n) is 18.3. The van der Waals surface area contributed by atoms with Gasteiger partial charge in [-0.3, -0.25) is 9.52 Å². The summed E-state index contributed by atoms with van der Waals surface area (Å²) in [5.41, 5.74) is 1.94. The maximum atomic E-state index is 12.7. The number of aromatic nitrogens is 3. The molecule has 2 N–H and O–H groups in total. The molecule has 2 unspecified atom stereocenters. The van der Waals surface area contributed by atoms with E-state index in [9.17, 15) is 13.2 Å². The number of nitrogens with one attached hydrogen (secondary N) is 2. The molecule has 2 saturated heterocycles. The Morgan fingerprint density at radius 3 is 2.53 bits per heavy atom. The average molecular weight is 503 g/mol. The largest absolute Gasteiger partial charge is 0.371 e. The highest BCUT2D eigenvalue weighted by Crippen LogP contribution is 2.29. The van der Waals surface area contributed by atoms with Crippen molar-refractivity contribution in [3.05, 3.63) is 59.5 Å². The second kappa shape index (κ2) is 8.90. The summed E-state index contributed by atoms with van der Waals surface area (Å²) in [5.74, 6) is 0.167. The number of amides is 1. The minimum Gasteiger partial charge on any atom is -0.371 e. The SMILES string of the molecule is CS(=O)(=O)Nc1cc(Cl)cc(NC(=O)c2cnn(-c3ccc(N4CC5CCC(C4)O5)cn3)c2)c1. The lowest BCUT2D eigenvalue weighted by Gasteiger charge is -2.33. The molecule has 0 aliphatic carbocycles. The van der Waals surface area contributed by atoms with E-state index in [2.05, 4.69) is 25.0 Å². The number of ether oxygens (including phenoxy) is 1. The van der Waals surface area contributed by atoms with E-state index in [0.29, 0.717) is 29.3 Å². The van der Waals surface area contributed by atoms with Gasteiger partial charge in [-0.15, -0.1) is 0 Å². The van der Waals surface area contributed by atoms with Gasteiger partial charge in [-0.2, -0.15) is 5.10 Å². The Morgan fingerprint density at radius 2 is 1.85 bits per heavy atom. The highest BCUT2D eigenvalue weighted by molar-refractivity contribution is 7.92. The van der Waals surface area contributed by atoms with Crippen molar-refractivity contribution in [1.82, 2.24) is 14.8 Å². The molecule has 34 heavy (non-hydrogen) atoms. The number of anilines is 3. The van der Waals surface area contributed by atoms with Gasteiger partial charge in [0.25, 0.3) is 5.91 Å². The lowest BCUT2D eigenvalue weighted by molar-refractivity contribution is 0.0305. The van der Waals surface area contributed by atoms with E-state index in [0.717, 1.165) is 37.9 Å². The van der Waals surface area contributed by atoms with Crippen LogP contribution in [0.5, 0.6) is 0 Å². The van der Waals surface area contributed by atoms with Crippen LogP contribution in [0, 0.1) is 0 Å². The van der Waals surface area contributed by atoms with Gasteiger partial charge < -0.3 is 15.0 Å². The summed E-state index contributed by atoms with van der Waals surface area (Å²) in [7, 11) is -3.48. The number of hydrogen-bond donors (Lipinski definition) is 2. The molecule has 3 aromatic rings. The predicted octanol–water partition coefficient (Wildman–Crippen LogP) is 2.91. The van der Waals surface area contributed by atoms with Gasteiger partial charge in [-0.05, 0) is 43.2 Å². The number of fused-ring (bicyclic) bond motifs is 2. The molecule has 0 spiro atoms. The predicted molar refractivity (Wildman–Crippen MR) is 129 cm³/mol. The van der Waals surface area contributed by atoms with Gasteiger partial charge in [0.05, 0.1) is 47.8 Å². The lowest BCUT2D eigenvalue weighted by atomic mass is 10.2. The van der Waals surface area contributed by atoms with Crippen molar-refractivity contribution < 1.29 is 17.9 Å². The van der Waals surface area contributed by atoms with Crippen LogP contribution in [0.4, 0.5) is 17.1 Å². The van der Waals surface area contributed by atoms with Gasteiger partial charge in [-0.25, -0.2) is 18.1 Å². The maximum Gasteiger partial charge on any atom is 0.258 e. The molecular weight excluding hydrogens is 480 g/mol. The first-order chi connectivity index (χ1) is 16.2. The first-order valence-electron chi connectivity index (χ1n) is 10.7. The molecule has 10 nitrogen and oxygen atoms in total. The molecule has 2 atom stereocenters. The third-order valence-electron chi connectivity index (χ3n) is 5.68. The van der Waals surface area contributed by atoms with Gasteiger partial charge in [0.1, 0.15) is 0 Å². The molecule has 2 aromatic heterocycles. The smallest absolute Gasteiger partial charge is 0.258 e. The molecule has 12 heteroatoms. The van der Waals surface area contributed by atoms with E-state index in [1.807, 2.05) is 18.3 Å². The Morgan fingerprint density at radius 1 is 1.12 bits per heavy atom. The molecule has 178 valence electrons. The lowest BCUT2D eigenvalue weighted by Crippen LogP contribution is -2.42. The number of sulfonamides is 1. The molecular formula is C22H23ClN6O4S. The van der Waals surface area contributed by atoms with Crippen LogP contribution < -0.4 is 14.9 Å². The van der Waals surface area contributed by atoms with Crippen molar-refractivity contribution in [2.75, 3.05) is 34.3 Å². The van der Waals surface area contributed by atoms with Gasteiger partial charge >= 0.3 is 0 Å². The van der Waals surface area contributed by atoms with Crippen LogP contribution in [0.15, 0.2) is 48.9 Å². The number of rotatable bonds is 6. The minimum absolute atomic E-state index is 0.249. The fourth-order valence-corrected chi connectivity index (χ4v) is 5.01. The van der Waals surface area contributed by atoms with Gasteiger partial charge in [0.2, 0.25) is 10.0 Å². The number of carbonyl (C=O) groups excluding carboxylic acids is 1. The molecule has 1 aromatic carbocycles. The summed E-state index contributed by atoms with van der Waals surface area (Å²) < 4.78 is 32.7. The van der Waals surface area contributed by atoms with E-state index < -0.39 is 15.9 Å². The molecule has 2 aliphatic heterocycles. The number of benzene rings is 1. The molecule has 0 saturated carbocycles. The summed E-state index contributed by atoms with van der Waals surface area (Å²) >= 11 is 6.06. The Labute approximate surface area is 201 Å². The van der Waals surface area contributed by atoms with Crippen LogP contribution in [-0.4, -0.2) is 60.6 Å². The molecule has 1 amide bonds. The summed E-state index contributed by atoms with van der Waals surface area (Å²) in [6, 6.07) is 8.31. The second-order valence-electron chi connectivity index (χ2n) is 8.47. The monoisotopic (exact) mass is 502 g/mol. The number of hydrogen-bond acceptors (Lipinski definition) is 7. The van der Waals surface area contributed by atoms with E-state index in [-0.39, 0.29) is 10.7 Å². The summed E-state index contributed by atoms with van der Waals surface area (Å²) in [5, 5.41) is 7.23. The fraction of sp³-hybridized carbons (Fsp3) is 0.318. The van der Waals surface area contributed by atoms with E-state index in [1.165, 1.54) is 29.1 Å². The number of morpholine rings is 1. The first-order valence-corrected chi connectivity index (χ1v) is 13.0.